The fourth-order valence-corrected chi connectivity index (χ4v) is 3.81. The van der Waals surface area contributed by atoms with Crippen LogP contribution in [0.2, 0.25) is 5.02 Å². The van der Waals surface area contributed by atoms with Gasteiger partial charge in [0.05, 0.1) is 30.1 Å². The van der Waals surface area contributed by atoms with E-state index < -0.39 is 11.7 Å². The molecule has 0 bridgehead atoms. The highest BCUT2D eigenvalue weighted by Crippen LogP contribution is 2.29. The van der Waals surface area contributed by atoms with Gasteiger partial charge in [0.25, 0.3) is 5.91 Å². The van der Waals surface area contributed by atoms with E-state index in [0.29, 0.717) is 48.5 Å². The molecule has 13 heteroatoms. The lowest BCUT2D eigenvalue weighted by molar-refractivity contribution is 0.0957. The van der Waals surface area contributed by atoms with E-state index in [1.807, 2.05) is 6.07 Å². The van der Waals surface area contributed by atoms with E-state index >= 15 is 0 Å². The van der Waals surface area contributed by atoms with Crippen LogP contribution in [0.25, 0.3) is 11.4 Å². The molecule has 5 rings (SSSR count). The van der Waals surface area contributed by atoms with Crippen molar-refractivity contribution in [1.29, 1.82) is 0 Å². The Morgan fingerprint density at radius 3 is 2.62 bits per heavy atom. The quantitative estimate of drug-likeness (QED) is 0.311. The molecule has 1 aliphatic rings. The highest BCUT2D eigenvalue weighted by Gasteiger charge is 2.18. The number of amides is 1. The normalized spacial score (nSPS) is 13.2. The fraction of sp³-hybridized carbons (Fsp3) is 0.167. The van der Waals surface area contributed by atoms with E-state index in [9.17, 15) is 9.18 Å². The number of anilines is 4. The lowest BCUT2D eigenvalue weighted by Gasteiger charge is -2.28. The maximum atomic E-state index is 14.2. The van der Waals surface area contributed by atoms with E-state index in [0.717, 1.165) is 11.8 Å². The van der Waals surface area contributed by atoms with Crippen molar-refractivity contribution in [1.82, 2.24) is 30.3 Å². The Morgan fingerprint density at radius 2 is 1.84 bits per heavy atom. The minimum Gasteiger partial charge on any atom is -0.378 e. The number of aromatic nitrogens is 5. The third-order valence-electron chi connectivity index (χ3n) is 5.39. The number of hydrogen-bond acceptors (Lipinski definition) is 10. The Hall–Kier alpha value is -4.42. The van der Waals surface area contributed by atoms with Crippen LogP contribution >= 0.6 is 11.6 Å². The first-order chi connectivity index (χ1) is 18.1. The molecule has 0 radical (unpaired) electrons. The summed E-state index contributed by atoms with van der Waals surface area (Å²) in [7, 11) is 0. The largest absolute Gasteiger partial charge is 0.378 e. The molecule has 1 fully saturated rings. The monoisotopic (exact) mass is 521 g/mol. The maximum Gasteiger partial charge on any atom is 0.288 e. The summed E-state index contributed by atoms with van der Waals surface area (Å²) in [4.78, 5) is 35.1. The molecule has 0 unspecified atom stereocenters. The molecular weight excluding hydrogens is 501 g/mol. The number of hydrogen-bond donors (Lipinski definition) is 3. The molecule has 37 heavy (non-hydrogen) atoms. The maximum absolute atomic E-state index is 14.2. The van der Waals surface area contributed by atoms with Crippen molar-refractivity contribution >= 4 is 40.6 Å². The van der Waals surface area contributed by atoms with Crippen LogP contribution in [-0.2, 0) is 4.74 Å². The second-order valence-corrected chi connectivity index (χ2v) is 8.27. The standard InChI is InChI=1S/C24H21ClFN9O2/c25-17-12-15(21-28-5-1-6-29-21)2-3-19(17)31-16-4-7-27-20(13-16)23(36)33-34-24-30-14-18(26)22(32-24)35-8-10-37-11-9-35/h1-7,12-14H,8-11H2,(H,27,31)(H,33,36)(H,30,32,34). The third-order valence-corrected chi connectivity index (χ3v) is 5.70. The van der Waals surface area contributed by atoms with E-state index in [2.05, 4.69) is 41.1 Å². The summed E-state index contributed by atoms with van der Waals surface area (Å²) in [5, 5.41) is 3.63. The molecule has 1 amide bonds. The number of nitrogens with one attached hydrogen (secondary N) is 3. The summed E-state index contributed by atoms with van der Waals surface area (Å²) in [6.07, 6.45) is 5.86. The predicted molar refractivity (Wildman–Crippen MR) is 136 cm³/mol. The summed E-state index contributed by atoms with van der Waals surface area (Å²) in [6.45, 7) is 1.98. The number of carbonyl (C=O) groups excluding carboxylic acids is 1. The molecule has 3 N–H and O–H groups in total. The van der Waals surface area contributed by atoms with Crippen LogP contribution in [0.3, 0.4) is 0 Å². The zero-order valence-corrected chi connectivity index (χ0v) is 20.1. The first-order valence-electron chi connectivity index (χ1n) is 11.3. The fourth-order valence-electron chi connectivity index (χ4n) is 3.58. The number of morpholine rings is 1. The number of hydrazine groups is 1. The van der Waals surface area contributed by atoms with E-state index in [-0.39, 0.29) is 17.5 Å². The molecule has 11 nitrogen and oxygen atoms in total. The molecule has 0 aliphatic carbocycles. The molecule has 1 saturated heterocycles. The average molecular weight is 522 g/mol. The van der Waals surface area contributed by atoms with Crippen LogP contribution < -0.4 is 21.1 Å². The van der Waals surface area contributed by atoms with Gasteiger partial charge in [0.2, 0.25) is 5.95 Å². The Bertz CT molecular complexity index is 1400. The molecular formula is C24H21ClFN9O2. The van der Waals surface area contributed by atoms with E-state index in [1.165, 1.54) is 6.20 Å². The number of rotatable bonds is 7. The number of carbonyl (C=O) groups is 1. The van der Waals surface area contributed by atoms with Crippen LogP contribution in [-0.4, -0.2) is 57.1 Å². The predicted octanol–water partition coefficient (Wildman–Crippen LogP) is 3.46. The molecule has 4 heterocycles. The van der Waals surface area contributed by atoms with Crippen LogP contribution in [0.1, 0.15) is 10.5 Å². The van der Waals surface area contributed by atoms with Gasteiger partial charge in [-0.15, -0.1) is 0 Å². The minimum atomic E-state index is -0.554. The molecule has 188 valence electrons. The van der Waals surface area contributed by atoms with Gasteiger partial charge in [-0.1, -0.05) is 11.6 Å². The summed E-state index contributed by atoms with van der Waals surface area (Å²) in [6, 6.07) is 10.4. The topological polar surface area (TPSA) is 130 Å². The smallest absolute Gasteiger partial charge is 0.288 e. The average Bonchev–Trinajstić information content (AvgIpc) is 2.94. The van der Waals surface area contributed by atoms with Gasteiger partial charge >= 0.3 is 0 Å². The van der Waals surface area contributed by atoms with Gasteiger partial charge in [-0.25, -0.2) is 19.3 Å². The summed E-state index contributed by atoms with van der Waals surface area (Å²) in [5.74, 6) is -0.344. The Morgan fingerprint density at radius 1 is 1.03 bits per heavy atom. The van der Waals surface area contributed by atoms with Gasteiger partial charge in [-0.2, -0.15) is 4.98 Å². The highest BCUT2D eigenvalue weighted by molar-refractivity contribution is 6.33. The van der Waals surface area contributed by atoms with Crippen molar-refractivity contribution in [3.05, 3.63) is 77.7 Å². The summed E-state index contributed by atoms with van der Waals surface area (Å²) >= 11 is 6.46. The van der Waals surface area contributed by atoms with Crippen LogP contribution in [0.5, 0.6) is 0 Å². The highest BCUT2D eigenvalue weighted by atomic mass is 35.5. The van der Waals surface area contributed by atoms with E-state index in [4.69, 9.17) is 16.3 Å². The first-order valence-corrected chi connectivity index (χ1v) is 11.7. The molecule has 1 aromatic carbocycles. The number of benzene rings is 1. The Kier molecular flexibility index (Phi) is 7.28. The van der Waals surface area contributed by atoms with Crippen LogP contribution in [0, 0.1) is 5.82 Å². The van der Waals surface area contributed by atoms with Crippen LogP contribution in [0.15, 0.2) is 61.2 Å². The lowest BCUT2D eigenvalue weighted by atomic mass is 10.2. The van der Waals surface area contributed by atoms with Crippen molar-refractivity contribution < 1.29 is 13.9 Å². The van der Waals surface area contributed by atoms with Gasteiger partial charge in [0, 0.05) is 42.9 Å². The van der Waals surface area contributed by atoms with Gasteiger partial charge in [-0.05, 0) is 36.4 Å². The summed E-state index contributed by atoms with van der Waals surface area (Å²) < 4.78 is 19.5. The second kappa shape index (κ2) is 11.1. The van der Waals surface area contributed by atoms with Crippen LogP contribution in [0.4, 0.5) is 27.5 Å². The van der Waals surface area contributed by atoms with Crippen molar-refractivity contribution in [3.8, 4) is 11.4 Å². The Labute approximate surface area is 216 Å². The Balaban J connectivity index is 1.24. The van der Waals surface area contributed by atoms with Crippen molar-refractivity contribution in [2.75, 3.05) is 41.9 Å². The van der Waals surface area contributed by atoms with E-state index in [1.54, 1.807) is 47.6 Å². The van der Waals surface area contributed by atoms with Gasteiger partial charge in [-0.3, -0.25) is 20.6 Å². The van der Waals surface area contributed by atoms with Crippen molar-refractivity contribution in [2.45, 2.75) is 0 Å². The zero-order chi connectivity index (χ0) is 25.6. The zero-order valence-electron chi connectivity index (χ0n) is 19.4. The van der Waals surface area contributed by atoms with Gasteiger partial charge in [0.1, 0.15) is 5.69 Å². The number of pyridine rings is 1. The molecule has 0 spiro atoms. The number of halogens is 2. The first kappa shape index (κ1) is 24.3. The lowest BCUT2D eigenvalue weighted by Crippen LogP contribution is -2.38. The second-order valence-electron chi connectivity index (χ2n) is 7.87. The van der Waals surface area contributed by atoms with Crippen molar-refractivity contribution in [2.24, 2.45) is 0 Å². The SMILES string of the molecule is O=C(NNc1ncc(F)c(N2CCOCC2)n1)c1cc(Nc2ccc(-c3ncccn3)cc2Cl)ccn1. The molecule has 1 aliphatic heterocycles. The number of nitrogens with zero attached hydrogens (tertiary/aromatic N) is 6. The third kappa shape index (κ3) is 5.88. The summed E-state index contributed by atoms with van der Waals surface area (Å²) in [5.41, 5.74) is 7.22. The van der Waals surface area contributed by atoms with Crippen molar-refractivity contribution in [3.63, 3.8) is 0 Å². The molecule has 0 saturated carbocycles. The number of ether oxygens (including phenoxy) is 1. The van der Waals surface area contributed by atoms with Gasteiger partial charge in [0.15, 0.2) is 17.5 Å². The minimum absolute atomic E-state index is 0.0415. The molecule has 3 aromatic heterocycles. The molecule has 4 aromatic rings. The van der Waals surface area contributed by atoms with Gasteiger partial charge < -0.3 is 15.0 Å². The molecule has 0 atom stereocenters.